The molecule has 0 bridgehead atoms. The topological polar surface area (TPSA) is 82.0 Å². The van der Waals surface area contributed by atoms with Crippen LogP contribution in [0.3, 0.4) is 0 Å². The van der Waals surface area contributed by atoms with E-state index >= 15 is 0 Å². The van der Waals surface area contributed by atoms with E-state index in [1.165, 1.54) is 17.4 Å². The van der Waals surface area contributed by atoms with Crippen LogP contribution in [0.25, 0.3) is 11.3 Å². The number of benzene rings is 1. The van der Waals surface area contributed by atoms with Crippen LogP contribution in [-0.2, 0) is 0 Å². The highest BCUT2D eigenvalue weighted by Crippen LogP contribution is 2.36. The molecule has 0 aliphatic rings. The lowest BCUT2D eigenvalue weighted by molar-refractivity contribution is -0.384. The van der Waals surface area contributed by atoms with Gasteiger partial charge in [0.1, 0.15) is 5.01 Å². The van der Waals surface area contributed by atoms with Gasteiger partial charge >= 0.3 is 0 Å². The molecule has 0 fully saturated rings. The molecular weight excluding hydrogens is 274 g/mol. The number of nitrogens with two attached hydrogens (primary N) is 1. The Morgan fingerprint density at radius 3 is 2.60 bits per heavy atom. The minimum atomic E-state index is -0.391. The van der Waals surface area contributed by atoms with Crippen molar-refractivity contribution < 1.29 is 4.92 Å². The molecule has 2 aromatic rings. The third-order valence-electron chi connectivity index (χ3n) is 3.10. The Labute approximate surface area is 121 Å². The fraction of sp³-hybridized carbons (Fsp3) is 0.357. The second kappa shape index (κ2) is 5.30. The minimum absolute atomic E-state index is 0.0636. The number of nitrogens with zero attached hydrogens (tertiary/aromatic N) is 2. The predicted molar refractivity (Wildman–Crippen MR) is 80.6 cm³/mol. The van der Waals surface area contributed by atoms with Crippen LogP contribution >= 0.6 is 11.3 Å². The summed E-state index contributed by atoms with van der Waals surface area (Å²) < 4.78 is 0. The van der Waals surface area contributed by atoms with Crippen molar-refractivity contribution in [3.63, 3.8) is 0 Å². The Morgan fingerprint density at radius 2 is 2.00 bits per heavy atom. The van der Waals surface area contributed by atoms with E-state index in [1.807, 2.05) is 26.2 Å². The Morgan fingerprint density at radius 1 is 1.35 bits per heavy atom. The number of nitro groups is 1. The highest BCUT2D eigenvalue weighted by atomic mass is 32.1. The molecule has 5 nitrogen and oxygen atoms in total. The van der Waals surface area contributed by atoms with Gasteiger partial charge in [-0.1, -0.05) is 32.9 Å². The maximum Gasteiger partial charge on any atom is 0.278 e. The first-order chi connectivity index (χ1) is 9.30. The molecule has 20 heavy (non-hydrogen) atoms. The number of hydrogen-bond donors (Lipinski definition) is 1. The van der Waals surface area contributed by atoms with Crippen LogP contribution in [0.2, 0.25) is 0 Å². The van der Waals surface area contributed by atoms with Gasteiger partial charge in [-0.25, -0.2) is 4.98 Å². The summed E-state index contributed by atoms with van der Waals surface area (Å²) in [7, 11) is 0. The Balaban J connectivity index is 2.42. The summed E-state index contributed by atoms with van der Waals surface area (Å²) in [5.74, 6) is 0. The van der Waals surface area contributed by atoms with E-state index in [9.17, 15) is 10.1 Å². The molecule has 0 aliphatic carbocycles. The number of aromatic nitrogens is 1. The third kappa shape index (κ3) is 2.86. The highest BCUT2D eigenvalue weighted by Gasteiger charge is 2.26. The molecule has 0 spiro atoms. The van der Waals surface area contributed by atoms with E-state index in [4.69, 9.17) is 5.73 Å². The van der Waals surface area contributed by atoms with Gasteiger partial charge in [-0.2, -0.15) is 0 Å². The highest BCUT2D eigenvalue weighted by molar-refractivity contribution is 7.10. The first-order valence-corrected chi connectivity index (χ1v) is 7.13. The second-order valence-corrected chi connectivity index (χ2v) is 6.58. The summed E-state index contributed by atoms with van der Waals surface area (Å²) in [6, 6.07) is 6.42. The third-order valence-corrected chi connectivity index (χ3v) is 4.03. The normalized spacial score (nSPS) is 13.2. The second-order valence-electron chi connectivity index (χ2n) is 5.69. The zero-order chi connectivity index (χ0) is 14.9. The van der Waals surface area contributed by atoms with Gasteiger partial charge in [0.25, 0.3) is 5.69 Å². The molecule has 0 amide bonds. The van der Waals surface area contributed by atoms with E-state index in [1.54, 1.807) is 18.2 Å². The molecule has 1 unspecified atom stereocenters. The predicted octanol–water partition coefficient (Wildman–Crippen LogP) is 3.76. The van der Waals surface area contributed by atoms with Crippen LogP contribution in [0.4, 0.5) is 5.69 Å². The molecule has 2 N–H and O–H groups in total. The monoisotopic (exact) mass is 291 g/mol. The molecule has 1 aromatic carbocycles. The first-order valence-electron chi connectivity index (χ1n) is 6.25. The fourth-order valence-electron chi connectivity index (χ4n) is 1.77. The van der Waals surface area contributed by atoms with E-state index in [0.29, 0.717) is 11.3 Å². The summed E-state index contributed by atoms with van der Waals surface area (Å²) in [5, 5.41) is 13.7. The molecule has 1 atom stereocenters. The maximum absolute atomic E-state index is 11.1. The molecule has 1 heterocycles. The lowest BCUT2D eigenvalue weighted by atomic mass is 9.88. The average Bonchev–Trinajstić information content (AvgIpc) is 2.86. The van der Waals surface area contributed by atoms with Gasteiger partial charge in [-0.15, -0.1) is 11.3 Å². The summed E-state index contributed by atoms with van der Waals surface area (Å²) in [5.41, 5.74) is 7.28. The van der Waals surface area contributed by atoms with Gasteiger partial charge < -0.3 is 5.73 Å². The van der Waals surface area contributed by atoms with Crippen molar-refractivity contribution in [1.82, 2.24) is 4.98 Å². The van der Waals surface area contributed by atoms with Crippen molar-refractivity contribution in [1.29, 1.82) is 0 Å². The lowest BCUT2D eigenvalue weighted by Gasteiger charge is -2.24. The first kappa shape index (κ1) is 14.6. The van der Waals surface area contributed by atoms with E-state index in [2.05, 4.69) is 4.98 Å². The Hall–Kier alpha value is -1.79. The summed E-state index contributed by atoms with van der Waals surface area (Å²) in [6.45, 7) is 6.14. The smallest absolute Gasteiger partial charge is 0.278 e. The zero-order valence-corrected chi connectivity index (χ0v) is 12.5. The van der Waals surface area contributed by atoms with Gasteiger partial charge in [-0.3, -0.25) is 10.1 Å². The average molecular weight is 291 g/mol. The molecule has 0 saturated heterocycles. The number of rotatable bonds is 3. The Bertz CT molecular complexity index is 631. The molecule has 2 rings (SSSR count). The van der Waals surface area contributed by atoms with Crippen LogP contribution in [0.5, 0.6) is 0 Å². The van der Waals surface area contributed by atoms with Crippen molar-refractivity contribution in [3.05, 3.63) is 44.8 Å². The summed E-state index contributed by atoms with van der Waals surface area (Å²) >= 11 is 1.44. The maximum atomic E-state index is 11.1. The zero-order valence-electron chi connectivity index (χ0n) is 11.7. The van der Waals surface area contributed by atoms with Gasteiger partial charge in [0, 0.05) is 11.4 Å². The molecule has 0 radical (unpaired) electrons. The molecule has 0 aliphatic heterocycles. The number of nitro benzene ring substituents is 1. The molecule has 0 saturated carbocycles. The van der Waals surface area contributed by atoms with Crippen molar-refractivity contribution >= 4 is 17.0 Å². The van der Waals surface area contributed by atoms with Gasteiger partial charge in [0.05, 0.1) is 22.2 Å². The fourth-order valence-corrected chi connectivity index (χ4v) is 2.84. The van der Waals surface area contributed by atoms with Gasteiger partial charge in [-0.05, 0) is 11.5 Å². The van der Waals surface area contributed by atoms with Crippen LogP contribution in [0.1, 0.15) is 31.8 Å². The quantitative estimate of drug-likeness (QED) is 0.689. The summed E-state index contributed by atoms with van der Waals surface area (Å²) in [4.78, 5) is 15.1. The number of para-hydroxylation sites is 1. The van der Waals surface area contributed by atoms with Crippen LogP contribution < -0.4 is 5.73 Å². The van der Waals surface area contributed by atoms with Gasteiger partial charge in [0.15, 0.2) is 0 Å². The molecule has 106 valence electrons. The molecule has 6 heteroatoms. The molecule has 1 aromatic heterocycles. The van der Waals surface area contributed by atoms with Gasteiger partial charge in [0.2, 0.25) is 0 Å². The largest absolute Gasteiger partial charge is 0.322 e. The van der Waals surface area contributed by atoms with Crippen LogP contribution in [0.15, 0.2) is 29.6 Å². The van der Waals surface area contributed by atoms with Crippen LogP contribution in [-0.4, -0.2) is 9.91 Å². The SMILES string of the molecule is CC(C)(C)C(N)c1nc(-c2ccccc2[N+](=O)[O-])cs1. The van der Waals surface area contributed by atoms with Crippen molar-refractivity contribution in [2.45, 2.75) is 26.8 Å². The van der Waals surface area contributed by atoms with Crippen molar-refractivity contribution in [2.24, 2.45) is 11.1 Å². The van der Waals surface area contributed by atoms with Crippen LogP contribution in [0, 0.1) is 15.5 Å². The van der Waals surface area contributed by atoms with E-state index in [-0.39, 0.29) is 17.1 Å². The number of thiazole rings is 1. The van der Waals surface area contributed by atoms with Crippen molar-refractivity contribution in [2.75, 3.05) is 0 Å². The summed E-state index contributed by atoms with van der Waals surface area (Å²) in [6.07, 6.45) is 0. The minimum Gasteiger partial charge on any atom is -0.322 e. The standard InChI is InChI=1S/C14H17N3O2S/c1-14(2,3)12(15)13-16-10(8-20-13)9-6-4-5-7-11(9)17(18)19/h4-8,12H,15H2,1-3H3. The van der Waals surface area contributed by atoms with Crippen molar-refractivity contribution in [3.8, 4) is 11.3 Å². The lowest BCUT2D eigenvalue weighted by Crippen LogP contribution is -2.26. The van der Waals surface area contributed by atoms with E-state index < -0.39 is 4.92 Å². The van der Waals surface area contributed by atoms with E-state index in [0.717, 1.165) is 5.01 Å². The number of hydrogen-bond acceptors (Lipinski definition) is 5. The Kier molecular flexibility index (Phi) is 3.87. The molecular formula is C14H17N3O2S.